The molecule has 0 N–H and O–H groups in total. The van der Waals surface area contributed by atoms with E-state index in [1.807, 2.05) is 0 Å². The lowest BCUT2D eigenvalue weighted by atomic mass is 10.3. The lowest BCUT2D eigenvalue weighted by molar-refractivity contribution is 0.365. The van der Waals surface area contributed by atoms with E-state index in [0.29, 0.717) is 5.69 Å². The quantitative estimate of drug-likeness (QED) is 0.618. The number of hydrogen-bond donors (Lipinski definition) is 1. The summed E-state index contributed by atoms with van der Waals surface area (Å²) in [4.78, 5) is 4.58. The summed E-state index contributed by atoms with van der Waals surface area (Å²) >= 11 is 4.02. The van der Waals surface area contributed by atoms with Gasteiger partial charge in [0.2, 0.25) is 0 Å². The molecule has 0 amide bonds. The van der Waals surface area contributed by atoms with Crippen LogP contribution in [0.5, 0.6) is 0 Å². The van der Waals surface area contributed by atoms with Crippen molar-refractivity contribution >= 4 is 12.6 Å². The second kappa shape index (κ2) is 3.01. The van der Waals surface area contributed by atoms with E-state index in [0.717, 1.165) is 4.90 Å². The predicted octanol–water partition coefficient (Wildman–Crippen LogP) is 2.40. The van der Waals surface area contributed by atoms with Crippen molar-refractivity contribution < 1.29 is 4.39 Å². The maximum absolute atomic E-state index is 12.5. The first-order chi connectivity index (χ1) is 4.70. The van der Waals surface area contributed by atoms with Gasteiger partial charge in [-0.3, -0.25) is 4.98 Å². The highest BCUT2D eigenvalue weighted by atomic mass is 32.1. The Balaban J connectivity index is 2.89. The zero-order chi connectivity index (χ0) is 7.56. The summed E-state index contributed by atoms with van der Waals surface area (Å²) in [7, 11) is 0. The SMILES string of the molecule is CC(F)c1ccc(S)cn1. The standard InChI is InChI=1S/C7H8FNS/c1-5(8)7-3-2-6(10)4-9-7/h2-5,10H,1H3. The summed E-state index contributed by atoms with van der Waals surface area (Å²) < 4.78 is 12.5. The molecule has 0 aliphatic rings. The van der Waals surface area contributed by atoms with Crippen molar-refractivity contribution in [2.45, 2.75) is 18.0 Å². The highest BCUT2D eigenvalue weighted by Gasteiger charge is 2.01. The van der Waals surface area contributed by atoms with Crippen LogP contribution in [-0.4, -0.2) is 4.98 Å². The van der Waals surface area contributed by atoms with Crippen LogP contribution in [0.25, 0.3) is 0 Å². The van der Waals surface area contributed by atoms with Gasteiger partial charge in [0.1, 0.15) is 6.17 Å². The minimum atomic E-state index is -0.992. The average molecular weight is 157 g/mol. The molecule has 1 unspecified atom stereocenters. The van der Waals surface area contributed by atoms with Crippen molar-refractivity contribution in [2.24, 2.45) is 0 Å². The van der Waals surface area contributed by atoms with Gasteiger partial charge in [0.05, 0.1) is 5.69 Å². The van der Waals surface area contributed by atoms with Gasteiger partial charge in [-0.1, -0.05) is 0 Å². The van der Waals surface area contributed by atoms with Gasteiger partial charge >= 0.3 is 0 Å². The van der Waals surface area contributed by atoms with E-state index >= 15 is 0 Å². The van der Waals surface area contributed by atoms with Crippen molar-refractivity contribution in [3.8, 4) is 0 Å². The second-order valence-electron chi connectivity index (χ2n) is 2.06. The van der Waals surface area contributed by atoms with Crippen molar-refractivity contribution in [3.05, 3.63) is 24.0 Å². The zero-order valence-corrected chi connectivity index (χ0v) is 6.48. The van der Waals surface area contributed by atoms with Crippen LogP contribution in [-0.2, 0) is 0 Å². The molecule has 0 aliphatic carbocycles. The van der Waals surface area contributed by atoms with Crippen molar-refractivity contribution in [2.75, 3.05) is 0 Å². The summed E-state index contributed by atoms with van der Waals surface area (Å²) in [6.45, 7) is 1.46. The fourth-order valence-electron chi connectivity index (χ4n) is 0.633. The molecular weight excluding hydrogens is 149 g/mol. The van der Waals surface area contributed by atoms with Gasteiger partial charge in [0.15, 0.2) is 0 Å². The third kappa shape index (κ3) is 1.70. The van der Waals surface area contributed by atoms with Crippen LogP contribution in [0.3, 0.4) is 0 Å². The van der Waals surface area contributed by atoms with Gasteiger partial charge in [0.25, 0.3) is 0 Å². The molecule has 3 heteroatoms. The lowest BCUT2D eigenvalue weighted by Crippen LogP contribution is -1.88. The van der Waals surface area contributed by atoms with Gasteiger partial charge < -0.3 is 0 Å². The zero-order valence-electron chi connectivity index (χ0n) is 5.58. The van der Waals surface area contributed by atoms with Crippen LogP contribution in [0.2, 0.25) is 0 Å². The van der Waals surface area contributed by atoms with Crippen molar-refractivity contribution in [1.29, 1.82) is 0 Å². The summed E-state index contributed by atoms with van der Waals surface area (Å²) in [5.41, 5.74) is 0.456. The predicted molar refractivity (Wildman–Crippen MR) is 41.0 cm³/mol. The molecule has 0 fully saturated rings. The Morgan fingerprint density at radius 1 is 1.60 bits per heavy atom. The van der Waals surface area contributed by atoms with Crippen LogP contribution >= 0.6 is 12.6 Å². The number of halogens is 1. The van der Waals surface area contributed by atoms with E-state index in [4.69, 9.17) is 0 Å². The Labute approximate surface area is 64.7 Å². The molecule has 0 saturated heterocycles. The number of hydrogen-bond acceptors (Lipinski definition) is 2. The molecule has 0 aromatic carbocycles. The summed E-state index contributed by atoms with van der Waals surface area (Å²) in [5, 5.41) is 0. The van der Waals surface area contributed by atoms with Crippen LogP contribution in [0.15, 0.2) is 23.2 Å². The Morgan fingerprint density at radius 3 is 2.70 bits per heavy atom. The Kier molecular flexibility index (Phi) is 2.27. The molecule has 0 bridgehead atoms. The van der Waals surface area contributed by atoms with E-state index in [1.165, 1.54) is 13.1 Å². The molecule has 1 rings (SSSR count). The van der Waals surface area contributed by atoms with Crippen LogP contribution in [0, 0.1) is 0 Å². The summed E-state index contributed by atoms with van der Waals surface area (Å²) in [5.74, 6) is 0. The molecule has 1 heterocycles. The van der Waals surface area contributed by atoms with Gasteiger partial charge in [-0.2, -0.15) is 0 Å². The third-order valence-electron chi connectivity index (χ3n) is 1.18. The van der Waals surface area contributed by atoms with E-state index in [9.17, 15) is 4.39 Å². The molecule has 0 spiro atoms. The molecule has 1 aromatic rings. The lowest BCUT2D eigenvalue weighted by Gasteiger charge is -1.98. The van der Waals surface area contributed by atoms with Crippen LogP contribution in [0.4, 0.5) is 4.39 Å². The summed E-state index contributed by atoms with van der Waals surface area (Å²) in [6, 6.07) is 3.36. The first-order valence-electron chi connectivity index (χ1n) is 2.99. The molecule has 0 aliphatic heterocycles. The molecule has 1 aromatic heterocycles. The number of alkyl halides is 1. The fraction of sp³-hybridized carbons (Fsp3) is 0.286. The average Bonchev–Trinajstić information content (AvgIpc) is 1.88. The normalized spacial score (nSPS) is 13.1. The largest absolute Gasteiger partial charge is 0.257 e. The minimum absolute atomic E-state index is 0.456. The number of aromatic nitrogens is 1. The number of pyridine rings is 1. The Morgan fingerprint density at radius 2 is 2.30 bits per heavy atom. The monoisotopic (exact) mass is 157 g/mol. The highest BCUT2D eigenvalue weighted by molar-refractivity contribution is 7.80. The minimum Gasteiger partial charge on any atom is -0.257 e. The molecule has 1 atom stereocenters. The molecule has 0 saturated carbocycles. The topological polar surface area (TPSA) is 12.9 Å². The van der Waals surface area contributed by atoms with Gasteiger partial charge in [-0.25, -0.2) is 4.39 Å². The summed E-state index contributed by atoms with van der Waals surface area (Å²) in [6.07, 6.45) is 0.545. The van der Waals surface area contributed by atoms with E-state index in [2.05, 4.69) is 17.6 Å². The van der Waals surface area contributed by atoms with Crippen LogP contribution < -0.4 is 0 Å². The van der Waals surface area contributed by atoms with Crippen LogP contribution in [0.1, 0.15) is 18.8 Å². The number of rotatable bonds is 1. The molecule has 54 valence electrons. The molecule has 0 radical (unpaired) electrons. The second-order valence-corrected chi connectivity index (χ2v) is 2.57. The molecule has 10 heavy (non-hydrogen) atoms. The molecular formula is C7H8FNS. The maximum Gasteiger partial charge on any atom is 0.139 e. The van der Waals surface area contributed by atoms with E-state index in [-0.39, 0.29) is 0 Å². The number of nitrogens with zero attached hydrogens (tertiary/aromatic N) is 1. The molecule has 1 nitrogen and oxygen atoms in total. The maximum atomic E-state index is 12.5. The van der Waals surface area contributed by atoms with E-state index < -0.39 is 6.17 Å². The smallest absolute Gasteiger partial charge is 0.139 e. The van der Waals surface area contributed by atoms with Gasteiger partial charge in [-0.05, 0) is 19.1 Å². The van der Waals surface area contributed by atoms with E-state index in [1.54, 1.807) is 12.1 Å². The highest BCUT2D eigenvalue weighted by Crippen LogP contribution is 2.14. The van der Waals surface area contributed by atoms with Crippen molar-refractivity contribution in [3.63, 3.8) is 0 Å². The Hall–Kier alpha value is -0.570. The first kappa shape index (κ1) is 7.54. The third-order valence-corrected chi connectivity index (χ3v) is 1.44. The number of thiol groups is 1. The Bertz CT molecular complexity index is 207. The van der Waals surface area contributed by atoms with Gasteiger partial charge in [0, 0.05) is 11.1 Å². The van der Waals surface area contributed by atoms with Crippen molar-refractivity contribution in [1.82, 2.24) is 4.98 Å². The fourth-order valence-corrected chi connectivity index (χ4v) is 0.765. The van der Waals surface area contributed by atoms with Gasteiger partial charge in [-0.15, -0.1) is 12.6 Å². The first-order valence-corrected chi connectivity index (χ1v) is 3.44.